The molecule has 0 spiro atoms. The predicted octanol–water partition coefficient (Wildman–Crippen LogP) is 1.45. The summed E-state index contributed by atoms with van der Waals surface area (Å²) < 4.78 is 0. The van der Waals surface area contributed by atoms with Crippen molar-refractivity contribution in [3.63, 3.8) is 0 Å². The number of hydrogen-bond acceptors (Lipinski definition) is 5. The molecule has 1 aliphatic rings. The highest BCUT2D eigenvalue weighted by molar-refractivity contribution is 5.85. The number of aryl methyl sites for hydroxylation is 1. The summed E-state index contributed by atoms with van der Waals surface area (Å²) in [5, 5.41) is 11.8. The van der Waals surface area contributed by atoms with Crippen LogP contribution in [-0.2, 0) is 0 Å². The minimum absolute atomic E-state index is 0.236. The molecule has 1 fully saturated rings. The third kappa shape index (κ3) is 3.12. The Morgan fingerprint density at radius 2 is 2.06 bits per heavy atom. The lowest BCUT2D eigenvalue weighted by atomic mass is 9.90. The molecule has 0 unspecified atom stereocenters. The van der Waals surface area contributed by atoms with Crippen LogP contribution in [0.1, 0.15) is 38.3 Å². The highest BCUT2D eigenvalue weighted by Gasteiger charge is 2.13. The van der Waals surface area contributed by atoms with Crippen molar-refractivity contribution >= 4 is 11.7 Å². The molecule has 92 valence electrons. The molecule has 0 radical (unpaired) electrons. The third-order valence-electron chi connectivity index (χ3n) is 3.03. The van der Waals surface area contributed by atoms with Gasteiger partial charge in [-0.2, -0.15) is 5.10 Å². The van der Waals surface area contributed by atoms with Crippen molar-refractivity contribution in [2.45, 2.75) is 39.5 Å². The standard InChI is InChI=1S/C11H17N5O/c1-7-3-5-9(6-4-7)14-16-11-12-10(17)8(2)13-15-11/h7H,3-6H2,1-2H3,(H2,12,15,16,17). The Morgan fingerprint density at radius 1 is 1.35 bits per heavy atom. The highest BCUT2D eigenvalue weighted by Crippen LogP contribution is 2.21. The van der Waals surface area contributed by atoms with Crippen LogP contribution in [0.3, 0.4) is 0 Å². The third-order valence-corrected chi connectivity index (χ3v) is 3.03. The summed E-state index contributed by atoms with van der Waals surface area (Å²) >= 11 is 0. The van der Waals surface area contributed by atoms with Gasteiger partial charge in [-0.1, -0.05) is 6.92 Å². The van der Waals surface area contributed by atoms with Crippen LogP contribution in [0.4, 0.5) is 5.95 Å². The zero-order chi connectivity index (χ0) is 12.3. The molecular weight excluding hydrogens is 218 g/mol. The Bertz CT molecular complexity index is 469. The molecule has 6 nitrogen and oxygen atoms in total. The maximum Gasteiger partial charge on any atom is 0.274 e. The molecule has 6 heteroatoms. The van der Waals surface area contributed by atoms with E-state index in [-0.39, 0.29) is 5.56 Å². The fraction of sp³-hybridized carbons (Fsp3) is 0.636. The predicted molar refractivity (Wildman–Crippen MR) is 66.1 cm³/mol. The van der Waals surface area contributed by atoms with Crippen molar-refractivity contribution in [3.05, 3.63) is 16.0 Å². The number of aromatic nitrogens is 3. The van der Waals surface area contributed by atoms with Gasteiger partial charge in [-0.05, 0) is 38.5 Å². The lowest BCUT2D eigenvalue weighted by molar-refractivity contribution is 0.483. The summed E-state index contributed by atoms with van der Waals surface area (Å²) in [6.07, 6.45) is 4.38. The molecular formula is C11H17N5O. The second-order valence-corrected chi connectivity index (χ2v) is 4.56. The molecule has 1 heterocycles. The van der Waals surface area contributed by atoms with Gasteiger partial charge in [0, 0.05) is 5.71 Å². The van der Waals surface area contributed by atoms with Crippen LogP contribution >= 0.6 is 0 Å². The van der Waals surface area contributed by atoms with E-state index < -0.39 is 0 Å². The topological polar surface area (TPSA) is 83.0 Å². The Labute approximate surface area is 99.5 Å². The van der Waals surface area contributed by atoms with Gasteiger partial charge in [0.2, 0.25) is 5.95 Å². The molecule has 2 rings (SSSR count). The van der Waals surface area contributed by atoms with Crippen molar-refractivity contribution in [3.8, 4) is 0 Å². The number of hydrazone groups is 1. The molecule has 1 aliphatic carbocycles. The maximum absolute atomic E-state index is 11.3. The largest absolute Gasteiger partial charge is 0.288 e. The SMILES string of the molecule is Cc1nnc(NN=C2CCC(C)CC2)[nH]c1=O. The molecule has 1 aromatic heterocycles. The van der Waals surface area contributed by atoms with Gasteiger partial charge in [0.15, 0.2) is 0 Å². The van der Waals surface area contributed by atoms with E-state index in [0.717, 1.165) is 24.5 Å². The molecule has 0 amide bonds. The van der Waals surface area contributed by atoms with Crippen molar-refractivity contribution in [2.75, 3.05) is 5.43 Å². The second-order valence-electron chi connectivity index (χ2n) is 4.56. The van der Waals surface area contributed by atoms with E-state index in [1.807, 2.05) is 0 Å². The summed E-state index contributed by atoms with van der Waals surface area (Å²) in [5.74, 6) is 1.08. The summed E-state index contributed by atoms with van der Waals surface area (Å²) in [6.45, 7) is 3.87. The monoisotopic (exact) mass is 235 g/mol. The fourth-order valence-electron chi connectivity index (χ4n) is 1.78. The van der Waals surface area contributed by atoms with Gasteiger partial charge in [0.25, 0.3) is 5.56 Å². The Morgan fingerprint density at radius 3 is 2.71 bits per heavy atom. The summed E-state index contributed by atoms with van der Waals surface area (Å²) in [7, 11) is 0. The molecule has 0 aliphatic heterocycles. The second kappa shape index (κ2) is 5.07. The quantitative estimate of drug-likeness (QED) is 0.760. The van der Waals surface area contributed by atoms with Crippen molar-refractivity contribution in [2.24, 2.45) is 11.0 Å². The minimum atomic E-state index is -0.236. The van der Waals surface area contributed by atoms with Crippen molar-refractivity contribution < 1.29 is 0 Å². The number of nitrogens with zero attached hydrogens (tertiary/aromatic N) is 3. The van der Waals surface area contributed by atoms with Crippen LogP contribution in [0.25, 0.3) is 0 Å². The summed E-state index contributed by atoms with van der Waals surface area (Å²) in [4.78, 5) is 13.9. The summed E-state index contributed by atoms with van der Waals surface area (Å²) in [5.41, 5.74) is 4.01. The molecule has 0 saturated heterocycles. The van der Waals surface area contributed by atoms with E-state index >= 15 is 0 Å². The number of anilines is 1. The first-order valence-corrected chi connectivity index (χ1v) is 5.90. The van der Waals surface area contributed by atoms with E-state index in [1.54, 1.807) is 6.92 Å². The van der Waals surface area contributed by atoms with Gasteiger partial charge in [-0.3, -0.25) is 9.78 Å². The lowest BCUT2D eigenvalue weighted by Gasteiger charge is -2.18. The molecule has 2 N–H and O–H groups in total. The van der Waals surface area contributed by atoms with Gasteiger partial charge in [0.1, 0.15) is 5.69 Å². The summed E-state index contributed by atoms with van der Waals surface area (Å²) in [6, 6.07) is 0. The van der Waals surface area contributed by atoms with Crippen LogP contribution in [0.15, 0.2) is 9.90 Å². The maximum atomic E-state index is 11.3. The fourth-order valence-corrected chi connectivity index (χ4v) is 1.78. The zero-order valence-corrected chi connectivity index (χ0v) is 10.2. The molecule has 17 heavy (non-hydrogen) atoms. The van der Waals surface area contributed by atoms with Crippen LogP contribution < -0.4 is 11.0 Å². The lowest BCUT2D eigenvalue weighted by Crippen LogP contribution is -2.17. The van der Waals surface area contributed by atoms with E-state index in [9.17, 15) is 4.79 Å². The molecule has 0 aromatic carbocycles. The first-order valence-electron chi connectivity index (χ1n) is 5.90. The number of aromatic amines is 1. The number of nitrogens with one attached hydrogen (secondary N) is 2. The smallest absolute Gasteiger partial charge is 0.274 e. The zero-order valence-electron chi connectivity index (χ0n) is 10.2. The average molecular weight is 235 g/mol. The van der Waals surface area contributed by atoms with E-state index in [0.29, 0.717) is 11.6 Å². The van der Waals surface area contributed by atoms with Crippen molar-refractivity contribution in [1.29, 1.82) is 0 Å². The Hall–Kier alpha value is -1.72. The number of rotatable bonds is 2. The van der Waals surface area contributed by atoms with Gasteiger partial charge >= 0.3 is 0 Å². The molecule has 1 saturated carbocycles. The Kier molecular flexibility index (Phi) is 3.51. The molecule has 1 aromatic rings. The van der Waals surface area contributed by atoms with Crippen LogP contribution in [0.5, 0.6) is 0 Å². The van der Waals surface area contributed by atoms with Gasteiger partial charge in [0.05, 0.1) is 0 Å². The molecule has 0 atom stereocenters. The van der Waals surface area contributed by atoms with Crippen LogP contribution in [0.2, 0.25) is 0 Å². The first-order chi connectivity index (χ1) is 8.15. The van der Waals surface area contributed by atoms with Crippen LogP contribution in [-0.4, -0.2) is 20.9 Å². The van der Waals surface area contributed by atoms with Crippen LogP contribution in [0, 0.1) is 12.8 Å². The average Bonchev–Trinajstić information content (AvgIpc) is 2.33. The van der Waals surface area contributed by atoms with Crippen molar-refractivity contribution in [1.82, 2.24) is 15.2 Å². The number of hydrogen-bond donors (Lipinski definition) is 2. The van der Waals surface area contributed by atoms with E-state index in [2.05, 4.69) is 32.6 Å². The minimum Gasteiger partial charge on any atom is -0.288 e. The van der Waals surface area contributed by atoms with E-state index in [1.165, 1.54) is 12.8 Å². The van der Waals surface area contributed by atoms with Gasteiger partial charge in [-0.25, -0.2) is 5.43 Å². The van der Waals surface area contributed by atoms with Gasteiger partial charge < -0.3 is 0 Å². The normalized spacial score (nSPS) is 20.1. The highest BCUT2D eigenvalue weighted by atomic mass is 16.1. The van der Waals surface area contributed by atoms with Gasteiger partial charge in [-0.15, -0.1) is 10.2 Å². The van der Waals surface area contributed by atoms with E-state index in [4.69, 9.17) is 0 Å². The first kappa shape index (κ1) is 11.8. The number of H-pyrrole nitrogens is 1. The Balaban J connectivity index is 1.99. The molecule has 0 bridgehead atoms.